The Bertz CT molecular complexity index is 703. The maximum absolute atomic E-state index is 12.3. The SMILES string of the molecule is CSCCCNC(=O)c1cccc(-c2ncc(C)c(N(C)C)n2)c1. The number of amides is 1. The second-order valence-electron chi connectivity index (χ2n) is 5.78. The summed E-state index contributed by atoms with van der Waals surface area (Å²) in [4.78, 5) is 23.2. The number of benzene rings is 1. The topological polar surface area (TPSA) is 58.1 Å². The molecule has 0 atom stereocenters. The molecule has 0 radical (unpaired) electrons. The molecule has 0 aliphatic heterocycles. The van der Waals surface area contributed by atoms with Crippen LogP contribution in [0, 0.1) is 6.92 Å². The molecule has 1 N–H and O–H groups in total. The number of carbonyl (C=O) groups is 1. The maximum Gasteiger partial charge on any atom is 0.251 e. The van der Waals surface area contributed by atoms with Crippen molar-refractivity contribution in [2.24, 2.45) is 0 Å². The number of rotatable bonds is 7. The van der Waals surface area contributed by atoms with Crippen LogP contribution in [0.5, 0.6) is 0 Å². The third-order valence-electron chi connectivity index (χ3n) is 3.56. The largest absolute Gasteiger partial charge is 0.362 e. The molecule has 128 valence electrons. The van der Waals surface area contributed by atoms with Crippen LogP contribution in [-0.2, 0) is 0 Å². The van der Waals surface area contributed by atoms with Crippen LogP contribution in [0.4, 0.5) is 5.82 Å². The maximum atomic E-state index is 12.3. The lowest BCUT2D eigenvalue weighted by Gasteiger charge is -2.15. The van der Waals surface area contributed by atoms with Crippen molar-refractivity contribution in [2.75, 3.05) is 37.5 Å². The molecule has 0 fully saturated rings. The minimum Gasteiger partial charge on any atom is -0.362 e. The molecule has 5 nitrogen and oxygen atoms in total. The Morgan fingerprint density at radius 3 is 2.83 bits per heavy atom. The summed E-state index contributed by atoms with van der Waals surface area (Å²) in [5.41, 5.74) is 2.49. The smallest absolute Gasteiger partial charge is 0.251 e. The van der Waals surface area contributed by atoms with Crippen molar-refractivity contribution in [1.82, 2.24) is 15.3 Å². The number of carbonyl (C=O) groups excluding carboxylic acids is 1. The Hall–Kier alpha value is -2.08. The van der Waals surface area contributed by atoms with Crippen molar-refractivity contribution in [3.8, 4) is 11.4 Å². The van der Waals surface area contributed by atoms with Gasteiger partial charge in [0.2, 0.25) is 0 Å². The zero-order valence-corrected chi connectivity index (χ0v) is 15.5. The highest BCUT2D eigenvalue weighted by Crippen LogP contribution is 2.21. The van der Waals surface area contributed by atoms with Crippen LogP contribution in [0.2, 0.25) is 0 Å². The van der Waals surface area contributed by atoms with Gasteiger partial charge in [0.1, 0.15) is 5.82 Å². The fourth-order valence-electron chi connectivity index (χ4n) is 2.34. The lowest BCUT2D eigenvalue weighted by atomic mass is 10.1. The third kappa shape index (κ3) is 4.71. The van der Waals surface area contributed by atoms with E-state index >= 15 is 0 Å². The molecular formula is C18H24N4OS. The minimum absolute atomic E-state index is 0.0575. The molecule has 2 rings (SSSR count). The van der Waals surface area contributed by atoms with E-state index in [1.54, 1.807) is 11.8 Å². The van der Waals surface area contributed by atoms with E-state index in [4.69, 9.17) is 0 Å². The van der Waals surface area contributed by atoms with E-state index in [9.17, 15) is 4.79 Å². The number of hydrogen-bond acceptors (Lipinski definition) is 5. The first kappa shape index (κ1) is 18.3. The van der Waals surface area contributed by atoms with Gasteiger partial charge in [0, 0.05) is 43.5 Å². The number of aromatic nitrogens is 2. The highest BCUT2D eigenvalue weighted by Gasteiger charge is 2.10. The summed E-state index contributed by atoms with van der Waals surface area (Å²) in [6.07, 6.45) is 4.85. The average molecular weight is 344 g/mol. The van der Waals surface area contributed by atoms with Gasteiger partial charge in [-0.15, -0.1) is 0 Å². The molecule has 1 aromatic carbocycles. The van der Waals surface area contributed by atoms with E-state index in [-0.39, 0.29) is 5.91 Å². The lowest BCUT2D eigenvalue weighted by Crippen LogP contribution is -2.24. The van der Waals surface area contributed by atoms with Crippen molar-refractivity contribution in [2.45, 2.75) is 13.3 Å². The Balaban J connectivity index is 2.18. The predicted octanol–water partition coefficient (Wildman–Crippen LogP) is 3.00. The summed E-state index contributed by atoms with van der Waals surface area (Å²) >= 11 is 1.78. The molecule has 1 heterocycles. The molecule has 0 saturated heterocycles. The van der Waals surface area contributed by atoms with E-state index in [2.05, 4.69) is 21.5 Å². The highest BCUT2D eigenvalue weighted by atomic mass is 32.2. The predicted molar refractivity (Wildman–Crippen MR) is 102 cm³/mol. The van der Waals surface area contributed by atoms with Crippen LogP contribution in [0.15, 0.2) is 30.5 Å². The Morgan fingerprint density at radius 2 is 2.12 bits per heavy atom. The van der Waals surface area contributed by atoms with Gasteiger partial charge < -0.3 is 10.2 Å². The van der Waals surface area contributed by atoms with Crippen molar-refractivity contribution in [3.05, 3.63) is 41.6 Å². The molecule has 6 heteroatoms. The van der Waals surface area contributed by atoms with Gasteiger partial charge in [0.25, 0.3) is 5.91 Å². The molecule has 0 bridgehead atoms. The minimum atomic E-state index is -0.0575. The fraction of sp³-hybridized carbons (Fsp3) is 0.389. The van der Waals surface area contributed by atoms with Crippen LogP contribution >= 0.6 is 11.8 Å². The first-order valence-electron chi connectivity index (χ1n) is 7.91. The Labute approximate surface area is 147 Å². The first-order chi connectivity index (χ1) is 11.5. The standard InChI is InChI=1S/C18H24N4OS/c1-13-12-20-16(21-17(13)22(2)3)14-7-5-8-15(11-14)18(23)19-9-6-10-24-4/h5,7-8,11-12H,6,9-10H2,1-4H3,(H,19,23). The van der Waals surface area contributed by atoms with Gasteiger partial charge in [0.15, 0.2) is 5.82 Å². The number of anilines is 1. The second-order valence-corrected chi connectivity index (χ2v) is 6.76. The summed E-state index contributed by atoms with van der Waals surface area (Å²) in [6.45, 7) is 2.67. The van der Waals surface area contributed by atoms with Crippen molar-refractivity contribution in [3.63, 3.8) is 0 Å². The van der Waals surface area contributed by atoms with Crippen LogP contribution in [0.3, 0.4) is 0 Å². The van der Waals surface area contributed by atoms with Gasteiger partial charge in [-0.25, -0.2) is 9.97 Å². The fourth-order valence-corrected chi connectivity index (χ4v) is 2.78. The zero-order chi connectivity index (χ0) is 17.5. The van der Waals surface area contributed by atoms with Crippen molar-refractivity contribution in [1.29, 1.82) is 0 Å². The van der Waals surface area contributed by atoms with Gasteiger partial charge >= 0.3 is 0 Å². The Kier molecular flexibility index (Phi) is 6.61. The van der Waals surface area contributed by atoms with E-state index < -0.39 is 0 Å². The zero-order valence-electron chi connectivity index (χ0n) is 14.7. The summed E-state index contributed by atoms with van der Waals surface area (Å²) < 4.78 is 0. The molecule has 0 unspecified atom stereocenters. The first-order valence-corrected chi connectivity index (χ1v) is 9.31. The van der Waals surface area contributed by atoms with Gasteiger partial charge in [-0.3, -0.25) is 4.79 Å². The third-order valence-corrected chi connectivity index (χ3v) is 4.26. The van der Waals surface area contributed by atoms with Gasteiger partial charge in [-0.1, -0.05) is 12.1 Å². The number of aryl methyl sites for hydroxylation is 1. The monoisotopic (exact) mass is 344 g/mol. The van der Waals surface area contributed by atoms with E-state index in [1.807, 2.05) is 56.4 Å². The van der Waals surface area contributed by atoms with Gasteiger partial charge in [-0.2, -0.15) is 11.8 Å². The molecule has 0 aliphatic carbocycles. The molecule has 1 aromatic heterocycles. The van der Waals surface area contributed by atoms with Crippen molar-refractivity contribution < 1.29 is 4.79 Å². The summed E-state index contributed by atoms with van der Waals surface area (Å²) in [7, 11) is 3.91. The number of nitrogens with zero attached hydrogens (tertiary/aromatic N) is 3. The molecule has 0 saturated carbocycles. The van der Waals surface area contributed by atoms with Crippen LogP contribution in [0.1, 0.15) is 22.3 Å². The van der Waals surface area contributed by atoms with Gasteiger partial charge in [0.05, 0.1) is 0 Å². The number of thioether (sulfide) groups is 1. The van der Waals surface area contributed by atoms with Crippen LogP contribution in [0.25, 0.3) is 11.4 Å². The molecular weight excluding hydrogens is 320 g/mol. The highest BCUT2D eigenvalue weighted by molar-refractivity contribution is 7.98. The Morgan fingerprint density at radius 1 is 1.33 bits per heavy atom. The molecule has 2 aromatic rings. The van der Waals surface area contributed by atoms with Crippen molar-refractivity contribution >= 4 is 23.5 Å². The van der Waals surface area contributed by atoms with Crippen LogP contribution < -0.4 is 10.2 Å². The molecule has 1 amide bonds. The summed E-state index contributed by atoms with van der Waals surface area (Å²) in [5, 5.41) is 2.95. The molecule has 0 spiro atoms. The van der Waals surface area contributed by atoms with E-state index in [1.165, 1.54) is 0 Å². The van der Waals surface area contributed by atoms with Crippen LogP contribution in [-0.4, -0.2) is 48.5 Å². The molecule has 0 aliphatic rings. The van der Waals surface area contributed by atoms with E-state index in [0.717, 1.165) is 29.1 Å². The molecule has 24 heavy (non-hydrogen) atoms. The number of nitrogens with one attached hydrogen (secondary N) is 1. The second kappa shape index (κ2) is 8.68. The quantitative estimate of drug-likeness (QED) is 0.783. The summed E-state index contributed by atoms with van der Waals surface area (Å²) in [5.74, 6) is 2.50. The van der Waals surface area contributed by atoms with E-state index in [0.29, 0.717) is 17.9 Å². The average Bonchev–Trinajstić information content (AvgIpc) is 2.59. The summed E-state index contributed by atoms with van der Waals surface area (Å²) in [6, 6.07) is 7.45. The van der Waals surface area contributed by atoms with Gasteiger partial charge in [-0.05, 0) is 37.5 Å². The lowest BCUT2D eigenvalue weighted by molar-refractivity contribution is 0.0954. The number of hydrogen-bond donors (Lipinski definition) is 1. The normalized spacial score (nSPS) is 10.5.